The van der Waals surface area contributed by atoms with E-state index < -0.39 is 0 Å². The first-order valence-corrected chi connectivity index (χ1v) is 1.80. The molecule has 0 fully saturated rings. The summed E-state index contributed by atoms with van der Waals surface area (Å²) in [5, 5.41) is 0. The number of hydrogen-bond donors (Lipinski definition) is 0. The van der Waals surface area contributed by atoms with Gasteiger partial charge in [0.1, 0.15) is 0 Å². The van der Waals surface area contributed by atoms with Crippen LogP contribution in [0, 0.1) is 6.17 Å². The van der Waals surface area contributed by atoms with E-state index in [-0.39, 0.29) is 6.17 Å². The lowest BCUT2D eigenvalue weighted by atomic mass is 10.6. The highest BCUT2D eigenvalue weighted by molar-refractivity contribution is 5.39. The van der Waals surface area contributed by atoms with E-state index in [1.807, 2.05) is 0 Å². The Labute approximate surface area is 45.9 Å². The van der Waals surface area contributed by atoms with Gasteiger partial charge in [-0.3, -0.25) is 0 Å². The first kappa shape index (κ1) is 6.76. The van der Waals surface area contributed by atoms with E-state index in [0.717, 1.165) is 0 Å². The van der Waals surface area contributed by atoms with Gasteiger partial charge >= 0.3 is 0 Å². The largest absolute Gasteiger partial charge is 0.237 e. The minimum absolute atomic E-state index is 0.0648. The van der Waals surface area contributed by atoms with Crippen molar-refractivity contribution in [2.45, 2.75) is 6.92 Å². The highest BCUT2D eigenvalue weighted by atomic mass is 16.1. The summed E-state index contributed by atoms with van der Waals surface area (Å²) in [6.07, 6.45) is 2.50. The normalized spacial score (nSPS) is 7.25. The fourth-order valence-corrected chi connectivity index (χ4v) is 0.157. The predicted molar refractivity (Wildman–Crippen MR) is 25.2 cm³/mol. The lowest BCUT2D eigenvalue weighted by Crippen LogP contribution is -1.76. The van der Waals surface area contributed by atoms with Gasteiger partial charge in [0.15, 0.2) is 0 Å². The Morgan fingerprint density at radius 1 is 1.25 bits per heavy atom. The van der Waals surface area contributed by atoms with Crippen molar-refractivity contribution in [2.24, 2.45) is 9.98 Å². The Kier molecular flexibility index (Phi) is 3.32. The highest BCUT2D eigenvalue weighted by Crippen LogP contribution is 1.95. The molecule has 0 aliphatic rings. The van der Waals surface area contributed by atoms with Crippen molar-refractivity contribution in [1.29, 1.82) is 0 Å². The third kappa shape index (κ3) is 2.97. The summed E-state index contributed by atoms with van der Waals surface area (Å²) in [6.45, 7) is 1.40. The fourth-order valence-electron chi connectivity index (χ4n) is 0.157. The smallest absolute Gasteiger partial charge is 0.211 e. The van der Waals surface area contributed by atoms with E-state index in [0.29, 0.717) is 0 Å². The Bertz CT molecular complexity index is 135. The van der Waals surface area contributed by atoms with Crippen LogP contribution in [0.3, 0.4) is 0 Å². The summed E-state index contributed by atoms with van der Waals surface area (Å²) in [6, 6.07) is 0. The zero-order valence-corrected chi connectivity index (χ0v) is 4.21. The number of hydrogen-bond acceptors (Lipinski definition) is 4. The predicted octanol–water partition coefficient (Wildman–Crippen LogP) is 0.167. The zero-order chi connectivity index (χ0) is 6.41. The maximum absolute atomic E-state index is 9.39. The van der Waals surface area contributed by atoms with E-state index >= 15 is 0 Å². The van der Waals surface area contributed by atoms with Gasteiger partial charge in [0.25, 0.3) is 0 Å². The van der Waals surface area contributed by atoms with Gasteiger partial charge in [0.05, 0.1) is 0 Å². The van der Waals surface area contributed by atoms with Crippen LogP contribution in [-0.2, 0) is 9.59 Å². The van der Waals surface area contributed by atoms with Gasteiger partial charge in [-0.1, -0.05) is 0 Å². The highest BCUT2D eigenvalue weighted by Gasteiger charge is 1.90. The van der Waals surface area contributed by atoms with E-state index in [2.05, 4.69) is 9.98 Å². The molecule has 41 valence electrons. The number of aliphatic imine (C=N–C) groups is 2. The first-order valence-electron chi connectivity index (χ1n) is 1.80. The van der Waals surface area contributed by atoms with Gasteiger partial charge in [0.2, 0.25) is 18.3 Å². The average Bonchev–Trinajstić information content (AvgIpc) is 1.68. The average molecular weight is 111 g/mol. The quantitative estimate of drug-likeness (QED) is 0.376. The molecule has 0 heterocycles. The van der Waals surface area contributed by atoms with Gasteiger partial charge in [-0.2, -0.15) is 9.98 Å². The Hall–Kier alpha value is -1.24. The van der Waals surface area contributed by atoms with E-state index in [9.17, 15) is 9.59 Å². The van der Waals surface area contributed by atoms with E-state index in [1.54, 1.807) is 0 Å². The maximum atomic E-state index is 9.39. The minimum Gasteiger partial charge on any atom is -0.211 e. The third-order valence-corrected chi connectivity index (χ3v) is 0.415. The molecule has 0 aromatic rings. The van der Waals surface area contributed by atoms with Crippen molar-refractivity contribution in [3.63, 3.8) is 0 Å². The van der Waals surface area contributed by atoms with Crippen molar-refractivity contribution in [3.05, 3.63) is 6.17 Å². The van der Waals surface area contributed by atoms with Gasteiger partial charge in [-0.05, 0) is 6.92 Å². The Morgan fingerprint density at radius 3 is 1.88 bits per heavy atom. The number of rotatable bonds is 2. The van der Waals surface area contributed by atoms with Crippen LogP contribution in [0.1, 0.15) is 6.92 Å². The summed E-state index contributed by atoms with van der Waals surface area (Å²) in [7, 11) is 0. The topological polar surface area (TPSA) is 58.9 Å². The molecule has 0 saturated carbocycles. The molecule has 8 heavy (non-hydrogen) atoms. The molecule has 0 bridgehead atoms. The molecule has 0 unspecified atom stereocenters. The molecule has 0 aromatic carbocycles. The minimum atomic E-state index is 0.0648. The zero-order valence-electron chi connectivity index (χ0n) is 4.21. The molecule has 0 aliphatic heterocycles. The lowest BCUT2D eigenvalue weighted by molar-refractivity contribution is 0.560. The van der Waals surface area contributed by atoms with Crippen LogP contribution in [0.2, 0.25) is 0 Å². The molecule has 0 aromatic heterocycles. The van der Waals surface area contributed by atoms with Gasteiger partial charge in [-0.25, -0.2) is 9.59 Å². The lowest BCUT2D eigenvalue weighted by Gasteiger charge is -1.81. The molecule has 0 rings (SSSR count). The fraction of sp³-hybridized carbons (Fsp3) is 0.250. The second kappa shape index (κ2) is 3.93. The van der Waals surface area contributed by atoms with Crippen molar-refractivity contribution in [3.8, 4) is 0 Å². The van der Waals surface area contributed by atoms with E-state index in [1.165, 1.54) is 19.1 Å². The molecule has 0 aliphatic carbocycles. The second-order valence-corrected chi connectivity index (χ2v) is 0.953. The number of nitrogens with zero attached hydrogens (tertiary/aromatic N) is 2. The van der Waals surface area contributed by atoms with Crippen LogP contribution in [0.15, 0.2) is 9.98 Å². The number of carbonyl (C=O) groups excluding carboxylic acids is 2. The summed E-state index contributed by atoms with van der Waals surface area (Å²) < 4.78 is 0. The second-order valence-electron chi connectivity index (χ2n) is 0.953. The molecule has 0 spiro atoms. The van der Waals surface area contributed by atoms with Crippen LogP contribution in [-0.4, -0.2) is 12.2 Å². The molecular weight excluding hydrogens is 108 g/mol. The molecule has 0 atom stereocenters. The maximum Gasteiger partial charge on any atom is 0.237 e. The Morgan fingerprint density at radius 2 is 1.62 bits per heavy atom. The van der Waals surface area contributed by atoms with Crippen molar-refractivity contribution < 1.29 is 9.59 Å². The summed E-state index contributed by atoms with van der Waals surface area (Å²) in [5.41, 5.74) is 0. The number of isocyanates is 2. The molecular formula is C4H3N2O2. The summed E-state index contributed by atoms with van der Waals surface area (Å²) in [5.74, 6) is 0. The Balaban J connectivity index is 3.82. The van der Waals surface area contributed by atoms with Crippen LogP contribution in [0.25, 0.3) is 0 Å². The van der Waals surface area contributed by atoms with E-state index in [4.69, 9.17) is 0 Å². The van der Waals surface area contributed by atoms with Gasteiger partial charge in [0, 0.05) is 0 Å². The first-order chi connectivity index (χ1) is 3.81. The van der Waals surface area contributed by atoms with Crippen LogP contribution in [0.4, 0.5) is 0 Å². The third-order valence-electron chi connectivity index (χ3n) is 0.415. The van der Waals surface area contributed by atoms with Gasteiger partial charge < -0.3 is 0 Å². The van der Waals surface area contributed by atoms with Gasteiger partial charge in [-0.15, -0.1) is 0 Å². The molecule has 4 heteroatoms. The van der Waals surface area contributed by atoms with Crippen LogP contribution in [0.5, 0.6) is 0 Å². The molecule has 0 amide bonds. The van der Waals surface area contributed by atoms with Crippen molar-refractivity contribution in [1.82, 2.24) is 0 Å². The van der Waals surface area contributed by atoms with Crippen LogP contribution >= 0.6 is 0 Å². The molecule has 0 N–H and O–H groups in total. The summed E-state index contributed by atoms with van der Waals surface area (Å²) >= 11 is 0. The van der Waals surface area contributed by atoms with Crippen LogP contribution < -0.4 is 0 Å². The molecule has 4 nitrogen and oxygen atoms in total. The standard InChI is InChI=1S/C4H3N2O2/c1-4(5-2-7)6-3-8/h1H3. The summed E-state index contributed by atoms with van der Waals surface area (Å²) in [4.78, 5) is 24.8. The molecule has 1 radical (unpaired) electrons. The monoisotopic (exact) mass is 111 g/mol. The van der Waals surface area contributed by atoms with Crippen molar-refractivity contribution >= 4 is 12.2 Å². The SMILES string of the molecule is C[C](N=C=O)N=C=O. The van der Waals surface area contributed by atoms with Crippen molar-refractivity contribution in [2.75, 3.05) is 0 Å². The molecule has 0 saturated heterocycles.